The van der Waals surface area contributed by atoms with Crippen LogP contribution in [0.2, 0.25) is 0 Å². The molecule has 0 bridgehead atoms. The molecule has 0 saturated carbocycles. The zero-order chi connectivity index (χ0) is 26.5. The van der Waals surface area contributed by atoms with Gasteiger partial charge in [-0.05, 0) is 36.4 Å². The molecule has 0 spiro atoms. The van der Waals surface area contributed by atoms with Crippen molar-refractivity contribution in [3.63, 3.8) is 0 Å². The predicted molar refractivity (Wildman–Crippen MR) is 134 cm³/mol. The lowest BCUT2D eigenvalue weighted by Gasteiger charge is -2.28. The first-order valence-corrected chi connectivity index (χ1v) is 11.3. The van der Waals surface area contributed by atoms with E-state index in [1.807, 2.05) is 0 Å². The number of amides is 4. The van der Waals surface area contributed by atoms with Crippen molar-refractivity contribution in [1.82, 2.24) is 10.4 Å². The molecule has 3 aromatic rings. The molecule has 0 radical (unpaired) electrons. The van der Waals surface area contributed by atoms with Crippen molar-refractivity contribution < 1.29 is 33.4 Å². The maximum Gasteiger partial charge on any atom is 0.273 e. The number of methoxy groups -OCH3 is 3. The number of benzene rings is 3. The second kappa shape index (κ2) is 10.8. The van der Waals surface area contributed by atoms with Gasteiger partial charge < -0.3 is 14.2 Å². The van der Waals surface area contributed by atoms with Gasteiger partial charge in [-0.25, -0.2) is 9.91 Å². The standard InChI is InChI=1S/C27H25N3O7/c1-35-18-13-14-23(37-3)20(15-18)29-24(31)16-21(27(29)34)30(26(33)17-9-5-4-6-10-17)28-25(32)19-11-7-8-12-22(19)36-2/h4-15,21H,16H2,1-3H3,(H,28,32). The lowest BCUT2D eigenvalue weighted by atomic mass is 10.1. The predicted octanol–water partition coefficient (Wildman–Crippen LogP) is 2.83. The van der Waals surface area contributed by atoms with Gasteiger partial charge in [-0.1, -0.05) is 30.3 Å². The van der Waals surface area contributed by atoms with E-state index in [4.69, 9.17) is 14.2 Å². The highest BCUT2D eigenvalue weighted by Gasteiger charge is 2.46. The highest BCUT2D eigenvalue weighted by Crippen LogP contribution is 2.36. The fraction of sp³-hybridized carbons (Fsp3) is 0.185. The van der Waals surface area contributed by atoms with Crippen molar-refractivity contribution in [2.45, 2.75) is 12.5 Å². The Morgan fingerprint density at radius 3 is 2.22 bits per heavy atom. The van der Waals surface area contributed by atoms with E-state index >= 15 is 0 Å². The summed E-state index contributed by atoms with van der Waals surface area (Å²) in [5.41, 5.74) is 3.08. The third kappa shape index (κ3) is 4.94. The lowest BCUT2D eigenvalue weighted by molar-refractivity contribution is -0.122. The van der Waals surface area contributed by atoms with Crippen LogP contribution >= 0.6 is 0 Å². The summed E-state index contributed by atoms with van der Waals surface area (Å²) in [5.74, 6) is -1.67. The smallest absolute Gasteiger partial charge is 0.273 e. The Kier molecular flexibility index (Phi) is 7.38. The van der Waals surface area contributed by atoms with Crippen molar-refractivity contribution >= 4 is 29.3 Å². The van der Waals surface area contributed by atoms with E-state index in [1.54, 1.807) is 60.7 Å². The number of hydrogen-bond donors (Lipinski definition) is 1. The van der Waals surface area contributed by atoms with Crippen molar-refractivity contribution in [1.29, 1.82) is 0 Å². The highest BCUT2D eigenvalue weighted by atomic mass is 16.5. The molecule has 1 saturated heterocycles. The second-order valence-electron chi connectivity index (χ2n) is 8.01. The third-order valence-electron chi connectivity index (χ3n) is 5.87. The zero-order valence-electron chi connectivity index (χ0n) is 20.5. The van der Waals surface area contributed by atoms with Gasteiger partial charge in [-0.15, -0.1) is 0 Å². The van der Waals surface area contributed by atoms with Gasteiger partial charge in [-0.2, -0.15) is 0 Å². The molecule has 0 aliphatic carbocycles. The van der Waals surface area contributed by atoms with E-state index in [9.17, 15) is 19.2 Å². The molecule has 4 rings (SSSR count). The average molecular weight is 504 g/mol. The number of nitrogens with zero attached hydrogens (tertiary/aromatic N) is 2. The summed E-state index contributed by atoms with van der Waals surface area (Å²) in [6.07, 6.45) is -0.357. The fourth-order valence-electron chi connectivity index (χ4n) is 4.03. The van der Waals surface area contributed by atoms with Crippen LogP contribution in [-0.4, -0.2) is 56.0 Å². The summed E-state index contributed by atoms with van der Waals surface area (Å²) in [6.45, 7) is 0. The van der Waals surface area contributed by atoms with Crippen LogP contribution in [-0.2, 0) is 9.59 Å². The molecular formula is C27H25N3O7. The summed E-state index contributed by atoms with van der Waals surface area (Å²) < 4.78 is 15.8. The highest BCUT2D eigenvalue weighted by molar-refractivity contribution is 6.24. The number of rotatable bonds is 7. The molecule has 1 atom stereocenters. The summed E-state index contributed by atoms with van der Waals surface area (Å²) >= 11 is 0. The summed E-state index contributed by atoms with van der Waals surface area (Å²) in [7, 11) is 4.28. The van der Waals surface area contributed by atoms with Gasteiger partial charge in [0.15, 0.2) is 0 Å². The van der Waals surface area contributed by atoms with E-state index < -0.39 is 29.7 Å². The van der Waals surface area contributed by atoms with Crippen LogP contribution in [0.3, 0.4) is 0 Å². The van der Waals surface area contributed by atoms with E-state index in [1.165, 1.54) is 33.5 Å². The van der Waals surface area contributed by atoms with Crippen LogP contribution in [0.4, 0.5) is 5.69 Å². The minimum Gasteiger partial charge on any atom is -0.497 e. The molecule has 1 aliphatic heterocycles. The topological polar surface area (TPSA) is 114 Å². The molecule has 1 fully saturated rings. The van der Waals surface area contributed by atoms with Gasteiger partial charge >= 0.3 is 0 Å². The Bertz CT molecular complexity index is 1340. The van der Waals surface area contributed by atoms with Gasteiger partial charge in [0.1, 0.15) is 23.3 Å². The summed E-state index contributed by atoms with van der Waals surface area (Å²) in [5, 5.41) is 0.900. The van der Waals surface area contributed by atoms with Crippen LogP contribution in [0, 0.1) is 0 Å². The first-order valence-electron chi connectivity index (χ1n) is 11.3. The van der Waals surface area contributed by atoms with Crippen molar-refractivity contribution in [3.05, 3.63) is 83.9 Å². The number of para-hydroxylation sites is 1. The maximum atomic E-state index is 13.6. The molecule has 10 heteroatoms. The Labute approximate surface area is 213 Å². The molecule has 0 aromatic heterocycles. The molecular weight excluding hydrogens is 478 g/mol. The van der Waals surface area contributed by atoms with Gasteiger partial charge in [0.05, 0.1) is 39.0 Å². The summed E-state index contributed by atoms with van der Waals surface area (Å²) in [4.78, 5) is 54.4. The van der Waals surface area contributed by atoms with Gasteiger partial charge in [0.25, 0.3) is 17.7 Å². The average Bonchev–Trinajstić information content (AvgIpc) is 3.24. The van der Waals surface area contributed by atoms with Crippen LogP contribution < -0.4 is 24.5 Å². The van der Waals surface area contributed by atoms with E-state index in [-0.39, 0.29) is 34.7 Å². The normalized spacial score (nSPS) is 14.8. The lowest BCUT2D eigenvalue weighted by Crippen LogP contribution is -2.54. The Morgan fingerprint density at radius 2 is 1.54 bits per heavy atom. The molecule has 1 heterocycles. The number of imide groups is 1. The largest absolute Gasteiger partial charge is 0.497 e. The van der Waals surface area contributed by atoms with Crippen LogP contribution in [0.15, 0.2) is 72.8 Å². The van der Waals surface area contributed by atoms with Gasteiger partial charge in [-0.3, -0.25) is 24.6 Å². The Hall–Kier alpha value is -4.86. The first kappa shape index (κ1) is 25.2. The number of nitrogens with one attached hydrogen (secondary N) is 1. The summed E-state index contributed by atoms with van der Waals surface area (Å²) in [6, 6.07) is 18.0. The quantitative estimate of drug-likeness (QED) is 0.390. The third-order valence-corrected chi connectivity index (χ3v) is 5.87. The Morgan fingerprint density at radius 1 is 0.865 bits per heavy atom. The number of hydrogen-bond acceptors (Lipinski definition) is 7. The fourth-order valence-corrected chi connectivity index (χ4v) is 4.03. The SMILES string of the molecule is COc1ccc(OC)c(N2C(=O)CC(N(NC(=O)c3ccccc3OC)C(=O)c3ccccc3)C2=O)c1. The first-order chi connectivity index (χ1) is 17.9. The molecule has 37 heavy (non-hydrogen) atoms. The van der Waals surface area contributed by atoms with Crippen molar-refractivity contribution in [2.24, 2.45) is 0 Å². The van der Waals surface area contributed by atoms with Gasteiger partial charge in [0, 0.05) is 11.6 Å². The van der Waals surface area contributed by atoms with Crippen molar-refractivity contribution in [2.75, 3.05) is 26.2 Å². The minimum atomic E-state index is -1.31. The van der Waals surface area contributed by atoms with E-state index in [0.29, 0.717) is 5.75 Å². The van der Waals surface area contributed by atoms with Crippen LogP contribution in [0.5, 0.6) is 17.2 Å². The Balaban J connectivity index is 1.73. The molecule has 4 amide bonds. The van der Waals surface area contributed by atoms with Gasteiger partial charge in [0.2, 0.25) is 5.91 Å². The number of anilines is 1. The van der Waals surface area contributed by atoms with Crippen LogP contribution in [0.25, 0.3) is 0 Å². The molecule has 190 valence electrons. The molecule has 3 aromatic carbocycles. The van der Waals surface area contributed by atoms with Crippen LogP contribution in [0.1, 0.15) is 27.1 Å². The molecule has 1 unspecified atom stereocenters. The molecule has 1 N–H and O–H groups in total. The number of carbonyl (C=O) groups excluding carboxylic acids is 4. The second-order valence-corrected chi connectivity index (χ2v) is 8.01. The maximum absolute atomic E-state index is 13.6. The van der Waals surface area contributed by atoms with E-state index in [2.05, 4.69) is 5.43 Å². The van der Waals surface area contributed by atoms with Crippen molar-refractivity contribution in [3.8, 4) is 17.2 Å². The minimum absolute atomic E-state index is 0.152. The zero-order valence-corrected chi connectivity index (χ0v) is 20.5. The number of hydrazine groups is 1. The molecule has 1 aliphatic rings. The monoisotopic (exact) mass is 503 g/mol. The van der Waals surface area contributed by atoms with E-state index in [0.717, 1.165) is 9.91 Å². The number of ether oxygens (including phenoxy) is 3. The number of carbonyl (C=O) groups is 4. The molecule has 10 nitrogen and oxygen atoms in total.